The molecular weight excluding hydrogens is 357 g/mol. The van der Waals surface area contributed by atoms with Gasteiger partial charge in [0.15, 0.2) is 0 Å². The van der Waals surface area contributed by atoms with Gasteiger partial charge < -0.3 is 14.6 Å². The molecule has 0 unspecified atom stereocenters. The highest BCUT2D eigenvalue weighted by Crippen LogP contribution is 2.26. The lowest BCUT2D eigenvalue weighted by molar-refractivity contribution is -0.116. The maximum absolute atomic E-state index is 13.1. The Morgan fingerprint density at radius 1 is 1.04 bits per heavy atom. The van der Waals surface area contributed by atoms with Crippen molar-refractivity contribution in [1.82, 2.24) is 9.55 Å². The van der Waals surface area contributed by atoms with E-state index >= 15 is 0 Å². The first kappa shape index (κ1) is 17.7. The molecule has 1 N–H and O–H groups in total. The van der Waals surface area contributed by atoms with Crippen LogP contribution >= 0.6 is 0 Å². The van der Waals surface area contributed by atoms with Crippen LogP contribution in [0.4, 0.5) is 10.1 Å². The molecule has 0 fully saturated rings. The van der Waals surface area contributed by atoms with Crippen molar-refractivity contribution in [3.05, 3.63) is 78.6 Å². The average molecular weight is 375 g/mol. The van der Waals surface area contributed by atoms with Crippen molar-refractivity contribution < 1.29 is 13.9 Å². The normalized spacial score (nSPS) is 10.8. The van der Waals surface area contributed by atoms with Crippen LogP contribution < -0.4 is 10.1 Å². The lowest BCUT2D eigenvalue weighted by Gasteiger charge is -2.11. The Bertz CT molecular complexity index is 1120. The molecule has 0 saturated heterocycles. The SMILES string of the molecule is COc1ccc(-c2nc3ccccc3n2CC(=O)Nc2ccc(F)cc2)cc1. The van der Waals surface area contributed by atoms with Gasteiger partial charge in [0.25, 0.3) is 0 Å². The second-order valence-corrected chi connectivity index (χ2v) is 6.29. The molecule has 0 saturated carbocycles. The summed E-state index contributed by atoms with van der Waals surface area (Å²) in [6, 6.07) is 20.9. The molecule has 28 heavy (non-hydrogen) atoms. The number of ether oxygens (including phenoxy) is 1. The average Bonchev–Trinajstić information content (AvgIpc) is 3.08. The summed E-state index contributed by atoms with van der Waals surface area (Å²) in [5.41, 5.74) is 3.10. The van der Waals surface area contributed by atoms with E-state index in [1.54, 1.807) is 7.11 Å². The number of carbonyl (C=O) groups is 1. The predicted octanol–water partition coefficient (Wildman–Crippen LogP) is 4.49. The number of nitrogens with zero attached hydrogens (tertiary/aromatic N) is 2. The number of fused-ring (bicyclic) bond motifs is 1. The van der Waals surface area contributed by atoms with Crippen LogP contribution in [0.1, 0.15) is 0 Å². The molecule has 0 aliphatic carbocycles. The maximum atomic E-state index is 13.1. The maximum Gasteiger partial charge on any atom is 0.244 e. The van der Waals surface area contributed by atoms with Crippen LogP contribution in [0, 0.1) is 5.82 Å². The van der Waals surface area contributed by atoms with Gasteiger partial charge in [-0.2, -0.15) is 0 Å². The largest absolute Gasteiger partial charge is 0.497 e. The first-order valence-corrected chi connectivity index (χ1v) is 8.79. The van der Waals surface area contributed by atoms with Crippen LogP contribution in [-0.4, -0.2) is 22.6 Å². The zero-order chi connectivity index (χ0) is 19.5. The lowest BCUT2D eigenvalue weighted by Crippen LogP contribution is -2.19. The third-order valence-corrected chi connectivity index (χ3v) is 4.43. The minimum Gasteiger partial charge on any atom is -0.497 e. The fourth-order valence-electron chi connectivity index (χ4n) is 3.07. The molecule has 140 valence electrons. The number of rotatable bonds is 5. The number of aromatic nitrogens is 2. The van der Waals surface area contributed by atoms with Gasteiger partial charge in [-0.05, 0) is 60.7 Å². The van der Waals surface area contributed by atoms with Crippen LogP contribution in [0.2, 0.25) is 0 Å². The van der Waals surface area contributed by atoms with Crippen LogP contribution in [0.15, 0.2) is 72.8 Å². The Balaban J connectivity index is 1.68. The van der Waals surface area contributed by atoms with Gasteiger partial charge in [0, 0.05) is 11.3 Å². The van der Waals surface area contributed by atoms with E-state index in [1.165, 1.54) is 24.3 Å². The fraction of sp³-hybridized carbons (Fsp3) is 0.0909. The summed E-state index contributed by atoms with van der Waals surface area (Å²) in [5.74, 6) is 0.878. The molecule has 4 rings (SSSR count). The predicted molar refractivity (Wildman–Crippen MR) is 107 cm³/mol. The molecule has 0 atom stereocenters. The van der Waals surface area contributed by atoms with Crippen molar-refractivity contribution >= 4 is 22.6 Å². The van der Waals surface area contributed by atoms with Crippen molar-refractivity contribution in [2.24, 2.45) is 0 Å². The molecule has 3 aromatic carbocycles. The molecule has 1 heterocycles. The number of methoxy groups -OCH3 is 1. The van der Waals surface area contributed by atoms with Gasteiger partial charge in [-0.25, -0.2) is 9.37 Å². The van der Waals surface area contributed by atoms with Gasteiger partial charge in [-0.15, -0.1) is 0 Å². The minimum atomic E-state index is -0.347. The standard InChI is InChI=1S/C22H18FN3O2/c1-28-18-12-6-15(7-13-18)22-25-19-4-2-3-5-20(19)26(22)14-21(27)24-17-10-8-16(23)9-11-17/h2-13H,14H2,1H3,(H,24,27). The zero-order valence-electron chi connectivity index (χ0n) is 15.2. The summed E-state index contributed by atoms with van der Waals surface area (Å²) in [4.78, 5) is 17.3. The molecule has 5 nitrogen and oxygen atoms in total. The molecule has 1 aromatic heterocycles. The molecule has 0 aliphatic rings. The van der Waals surface area contributed by atoms with Crippen LogP contribution in [-0.2, 0) is 11.3 Å². The number of benzene rings is 3. The highest BCUT2D eigenvalue weighted by Gasteiger charge is 2.15. The number of para-hydroxylation sites is 2. The van der Waals surface area contributed by atoms with E-state index in [0.29, 0.717) is 11.5 Å². The summed E-state index contributed by atoms with van der Waals surface area (Å²) in [5, 5.41) is 2.79. The lowest BCUT2D eigenvalue weighted by atomic mass is 10.2. The Morgan fingerprint density at radius 3 is 2.46 bits per heavy atom. The number of hydrogen-bond donors (Lipinski definition) is 1. The van der Waals surface area contributed by atoms with Crippen molar-refractivity contribution in [2.75, 3.05) is 12.4 Å². The first-order valence-electron chi connectivity index (χ1n) is 8.79. The number of halogens is 1. The molecule has 1 amide bonds. The van der Waals surface area contributed by atoms with Crippen molar-refractivity contribution in [1.29, 1.82) is 0 Å². The van der Waals surface area contributed by atoms with Crippen molar-refractivity contribution in [3.63, 3.8) is 0 Å². The van der Waals surface area contributed by atoms with Crippen molar-refractivity contribution in [2.45, 2.75) is 6.54 Å². The van der Waals surface area contributed by atoms with E-state index in [2.05, 4.69) is 5.32 Å². The second kappa shape index (κ2) is 7.52. The highest BCUT2D eigenvalue weighted by molar-refractivity contribution is 5.92. The van der Waals surface area contributed by atoms with E-state index < -0.39 is 0 Å². The Morgan fingerprint density at radius 2 is 1.75 bits per heavy atom. The molecule has 4 aromatic rings. The van der Waals surface area contributed by atoms with Gasteiger partial charge in [0.2, 0.25) is 5.91 Å². The first-order chi connectivity index (χ1) is 13.6. The second-order valence-electron chi connectivity index (χ2n) is 6.29. The van der Waals surface area contributed by atoms with E-state index in [4.69, 9.17) is 9.72 Å². The van der Waals surface area contributed by atoms with Gasteiger partial charge in [-0.3, -0.25) is 4.79 Å². The fourth-order valence-corrected chi connectivity index (χ4v) is 3.07. The third kappa shape index (κ3) is 3.57. The summed E-state index contributed by atoms with van der Waals surface area (Å²) < 4.78 is 20.2. The minimum absolute atomic E-state index is 0.0826. The van der Waals surface area contributed by atoms with Crippen molar-refractivity contribution in [3.8, 4) is 17.1 Å². The monoisotopic (exact) mass is 375 g/mol. The van der Waals surface area contributed by atoms with Crippen LogP contribution in [0.3, 0.4) is 0 Å². The topological polar surface area (TPSA) is 56.2 Å². The van der Waals surface area contributed by atoms with Crippen LogP contribution in [0.25, 0.3) is 22.4 Å². The molecule has 0 aliphatic heterocycles. The van der Waals surface area contributed by atoms with E-state index in [9.17, 15) is 9.18 Å². The zero-order valence-corrected chi connectivity index (χ0v) is 15.2. The van der Waals surface area contributed by atoms with Crippen LogP contribution in [0.5, 0.6) is 5.75 Å². The third-order valence-electron chi connectivity index (χ3n) is 4.43. The van der Waals surface area contributed by atoms with E-state index in [1.807, 2.05) is 53.1 Å². The van der Waals surface area contributed by atoms with Gasteiger partial charge in [0.1, 0.15) is 23.9 Å². The number of anilines is 1. The van der Waals surface area contributed by atoms with Gasteiger partial charge >= 0.3 is 0 Å². The Kier molecular flexibility index (Phi) is 4.76. The molecule has 6 heteroatoms. The number of hydrogen-bond acceptors (Lipinski definition) is 3. The molecule has 0 bridgehead atoms. The molecule has 0 radical (unpaired) electrons. The Labute approximate surface area is 161 Å². The molecule has 0 spiro atoms. The molecular formula is C22H18FN3O2. The summed E-state index contributed by atoms with van der Waals surface area (Å²) in [6.07, 6.45) is 0. The summed E-state index contributed by atoms with van der Waals surface area (Å²) >= 11 is 0. The highest BCUT2D eigenvalue weighted by atomic mass is 19.1. The number of nitrogens with one attached hydrogen (secondary N) is 1. The quantitative estimate of drug-likeness (QED) is 0.559. The van der Waals surface area contributed by atoms with E-state index in [-0.39, 0.29) is 18.3 Å². The number of amides is 1. The smallest absolute Gasteiger partial charge is 0.244 e. The summed E-state index contributed by atoms with van der Waals surface area (Å²) in [7, 11) is 1.62. The number of carbonyl (C=O) groups excluding carboxylic acids is 1. The van der Waals surface area contributed by atoms with Gasteiger partial charge in [0.05, 0.1) is 18.1 Å². The van der Waals surface area contributed by atoms with E-state index in [0.717, 1.165) is 22.3 Å². The Hall–Kier alpha value is -3.67. The van der Waals surface area contributed by atoms with Gasteiger partial charge in [-0.1, -0.05) is 12.1 Å². The number of imidazole rings is 1. The summed E-state index contributed by atoms with van der Waals surface area (Å²) in [6.45, 7) is 0.0826.